The molecule has 0 aliphatic heterocycles. The molecule has 2 aromatic carbocycles. The van der Waals surface area contributed by atoms with Gasteiger partial charge in [-0.3, -0.25) is 4.79 Å². The summed E-state index contributed by atoms with van der Waals surface area (Å²) in [6, 6.07) is 18.6. The molecule has 2 aliphatic rings. The molecule has 40 heavy (non-hydrogen) atoms. The predicted molar refractivity (Wildman–Crippen MR) is 147 cm³/mol. The second-order valence-electron chi connectivity index (χ2n) is 10.9. The highest BCUT2D eigenvalue weighted by Gasteiger charge is 2.55. The van der Waals surface area contributed by atoms with Crippen LogP contribution in [0.1, 0.15) is 50.5 Å². The monoisotopic (exact) mass is 549 g/mol. The number of halogens is 2. The van der Waals surface area contributed by atoms with Crippen molar-refractivity contribution in [1.29, 1.82) is 0 Å². The van der Waals surface area contributed by atoms with E-state index in [4.69, 9.17) is 10.5 Å². The van der Waals surface area contributed by atoms with Gasteiger partial charge in [0.15, 0.2) is 5.82 Å². The lowest BCUT2D eigenvalue weighted by Crippen LogP contribution is -2.55. The zero-order chi connectivity index (χ0) is 28.3. The minimum atomic E-state index is -2.72. The Hall–Kier alpha value is -3.92. The number of rotatable bonds is 7. The Labute approximate surface area is 231 Å². The molecule has 2 fully saturated rings. The fourth-order valence-corrected chi connectivity index (χ4v) is 5.66. The van der Waals surface area contributed by atoms with Gasteiger partial charge in [-0.25, -0.2) is 13.6 Å². The number of carbonyl (C=O) groups excluding carboxylic acids is 2. The lowest BCUT2D eigenvalue weighted by molar-refractivity contribution is -0.125. The second-order valence-corrected chi connectivity index (χ2v) is 10.9. The van der Waals surface area contributed by atoms with Crippen LogP contribution in [0.15, 0.2) is 60.7 Å². The molecule has 0 saturated heterocycles. The summed E-state index contributed by atoms with van der Waals surface area (Å²) in [6.45, 7) is 0. The first kappa shape index (κ1) is 27.6. The van der Waals surface area contributed by atoms with Gasteiger partial charge in [0, 0.05) is 37.4 Å². The third kappa shape index (κ3) is 6.28. The quantitative estimate of drug-likeness (QED) is 0.351. The van der Waals surface area contributed by atoms with E-state index in [2.05, 4.69) is 20.8 Å². The summed E-state index contributed by atoms with van der Waals surface area (Å²) in [6.07, 6.45) is 2.11. The number of alkyl halides is 2. The van der Waals surface area contributed by atoms with E-state index in [-0.39, 0.29) is 30.8 Å². The Morgan fingerprint density at radius 2 is 1.65 bits per heavy atom. The predicted octanol–water partition coefficient (Wildman–Crippen LogP) is 5.64. The average Bonchev–Trinajstić information content (AvgIpc) is 2.93. The maximum absolute atomic E-state index is 13.5. The normalized spacial score (nSPS) is 21.1. The van der Waals surface area contributed by atoms with Gasteiger partial charge in [-0.2, -0.15) is 0 Å². The molecule has 10 heteroatoms. The minimum Gasteiger partial charge on any atom is -0.446 e. The number of aromatic nitrogens is 2. The van der Waals surface area contributed by atoms with Crippen molar-refractivity contribution < 1.29 is 23.1 Å². The highest BCUT2D eigenvalue weighted by atomic mass is 19.3. The van der Waals surface area contributed by atoms with Crippen molar-refractivity contribution in [1.82, 2.24) is 15.5 Å². The molecule has 2 saturated carbocycles. The smallest absolute Gasteiger partial charge is 0.407 e. The summed E-state index contributed by atoms with van der Waals surface area (Å²) < 4.78 is 32.3. The van der Waals surface area contributed by atoms with Gasteiger partial charge in [0.05, 0.1) is 5.54 Å². The molecule has 0 bridgehead atoms. The summed E-state index contributed by atoms with van der Waals surface area (Å²) in [4.78, 5) is 24.3. The van der Waals surface area contributed by atoms with Crippen LogP contribution in [-0.2, 0) is 15.1 Å². The number of amides is 2. The molecule has 1 heterocycles. The summed E-state index contributed by atoms with van der Waals surface area (Å²) in [7, 11) is 1.53. The van der Waals surface area contributed by atoms with Crippen LogP contribution in [0.4, 0.5) is 19.4 Å². The highest BCUT2D eigenvalue weighted by molar-refractivity contribution is 5.91. The number of hydrogen-bond donors (Lipinski definition) is 3. The van der Waals surface area contributed by atoms with Gasteiger partial charge in [0.25, 0.3) is 5.92 Å². The van der Waals surface area contributed by atoms with Crippen LogP contribution in [-0.4, -0.2) is 41.3 Å². The van der Waals surface area contributed by atoms with Crippen molar-refractivity contribution >= 4 is 17.8 Å². The van der Waals surface area contributed by atoms with Gasteiger partial charge in [-0.15, -0.1) is 10.2 Å². The van der Waals surface area contributed by atoms with Crippen LogP contribution in [0.2, 0.25) is 0 Å². The number of nitrogens with one attached hydrogen (secondary N) is 2. The number of ether oxygens (including phenoxy) is 1. The minimum absolute atomic E-state index is 0.120. The molecule has 2 aliphatic carbocycles. The number of nitrogens with two attached hydrogens (primary N) is 1. The molecular formula is C30H33F2N5O3. The van der Waals surface area contributed by atoms with Gasteiger partial charge < -0.3 is 21.1 Å². The Bertz CT molecular complexity index is 1350. The molecule has 3 aromatic rings. The number of anilines is 1. The van der Waals surface area contributed by atoms with Crippen LogP contribution in [0.5, 0.6) is 0 Å². The number of benzene rings is 2. The Morgan fingerprint density at radius 3 is 2.27 bits per heavy atom. The number of carbonyl (C=O) groups is 2. The van der Waals surface area contributed by atoms with Gasteiger partial charge in [-0.05, 0) is 48.8 Å². The van der Waals surface area contributed by atoms with E-state index in [1.54, 1.807) is 18.2 Å². The molecule has 0 spiro atoms. The fraction of sp³-hybridized carbons (Fsp3) is 0.400. The summed E-state index contributed by atoms with van der Waals surface area (Å²) in [5.41, 5.74) is 8.89. The summed E-state index contributed by atoms with van der Waals surface area (Å²) in [5.74, 6) is -2.32. The average molecular weight is 550 g/mol. The third-order valence-electron chi connectivity index (χ3n) is 7.77. The molecule has 8 nitrogen and oxygen atoms in total. The first-order valence-corrected chi connectivity index (χ1v) is 13.5. The van der Waals surface area contributed by atoms with E-state index in [0.717, 1.165) is 42.4 Å². The van der Waals surface area contributed by atoms with E-state index >= 15 is 0 Å². The van der Waals surface area contributed by atoms with E-state index in [1.165, 1.54) is 7.05 Å². The highest BCUT2D eigenvalue weighted by Crippen LogP contribution is 2.50. The largest absolute Gasteiger partial charge is 0.446 e. The maximum Gasteiger partial charge on any atom is 0.407 e. The molecular weight excluding hydrogens is 516 g/mol. The third-order valence-corrected chi connectivity index (χ3v) is 7.77. The SMILES string of the molecule is CNC(=O)OC1CCC(CC(=O)Nc2cc(-c3ccccc3)c(-c3ccc(C4(N)CC(F)(F)C4)cc3)nn2)CC1. The van der Waals surface area contributed by atoms with E-state index < -0.39 is 17.6 Å². The molecule has 210 valence electrons. The van der Waals surface area contributed by atoms with Gasteiger partial charge in [0.2, 0.25) is 5.91 Å². The van der Waals surface area contributed by atoms with E-state index in [9.17, 15) is 18.4 Å². The Morgan fingerprint density at radius 1 is 0.975 bits per heavy atom. The zero-order valence-corrected chi connectivity index (χ0v) is 22.3. The van der Waals surface area contributed by atoms with Crippen molar-refractivity contribution in [2.45, 2.75) is 62.5 Å². The molecule has 1 aromatic heterocycles. The fourth-order valence-electron chi connectivity index (χ4n) is 5.66. The van der Waals surface area contributed by atoms with Crippen LogP contribution >= 0.6 is 0 Å². The van der Waals surface area contributed by atoms with Crippen LogP contribution in [0.25, 0.3) is 22.4 Å². The molecule has 2 amide bonds. The lowest BCUT2D eigenvalue weighted by Gasteiger charge is -2.44. The first-order valence-electron chi connectivity index (χ1n) is 13.5. The molecule has 4 N–H and O–H groups in total. The first-order chi connectivity index (χ1) is 19.1. The number of hydrogen-bond acceptors (Lipinski definition) is 6. The maximum atomic E-state index is 13.5. The van der Waals surface area contributed by atoms with Gasteiger partial charge in [0.1, 0.15) is 11.8 Å². The molecule has 5 rings (SSSR count). The standard InChI is InChI=1S/C30H33F2N5O3/c1-34-28(39)40-23-13-7-19(8-14-23)15-26(38)35-25-16-24(20-5-3-2-4-6-20)27(37-36-25)21-9-11-22(12-10-21)29(33)17-30(31,32)18-29/h2-6,9-12,16,19,23H,7-8,13-15,17-18,33H2,1H3,(H,34,39)(H,35,36,38). The Balaban J connectivity index is 1.29. The van der Waals surface area contributed by atoms with Crippen LogP contribution in [0.3, 0.4) is 0 Å². The van der Waals surface area contributed by atoms with Crippen molar-refractivity contribution in [2.75, 3.05) is 12.4 Å². The summed E-state index contributed by atoms with van der Waals surface area (Å²) >= 11 is 0. The Kier molecular flexibility index (Phi) is 7.80. The van der Waals surface area contributed by atoms with Crippen molar-refractivity contribution in [2.24, 2.45) is 11.7 Å². The van der Waals surface area contributed by atoms with Crippen molar-refractivity contribution in [3.05, 3.63) is 66.2 Å². The van der Waals surface area contributed by atoms with Crippen molar-refractivity contribution in [3.8, 4) is 22.4 Å². The van der Waals surface area contributed by atoms with Gasteiger partial charge in [-0.1, -0.05) is 54.6 Å². The zero-order valence-electron chi connectivity index (χ0n) is 22.3. The molecule has 0 atom stereocenters. The molecule has 0 unspecified atom stereocenters. The number of nitrogens with zero attached hydrogens (tertiary/aromatic N) is 2. The second kappa shape index (κ2) is 11.3. The molecule has 0 radical (unpaired) electrons. The van der Waals surface area contributed by atoms with Gasteiger partial charge >= 0.3 is 6.09 Å². The van der Waals surface area contributed by atoms with Crippen LogP contribution < -0.4 is 16.4 Å². The van der Waals surface area contributed by atoms with Crippen molar-refractivity contribution in [3.63, 3.8) is 0 Å². The number of alkyl carbamates (subject to hydrolysis) is 1. The topological polar surface area (TPSA) is 119 Å². The van der Waals surface area contributed by atoms with E-state index in [1.807, 2.05) is 42.5 Å². The summed E-state index contributed by atoms with van der Waals surface area (Å²) in [5, 5.41) is 14.1. The van der Waals surface area contributed by atoms with E-state index in [0.29, 0.717) is 23.5 Å². The lowest BCUT2D eigenvalue weighted by atomic mass is 9.70. The van der Waals surface area contributed by atoms with Crippen LogP contribution in [0, 0.1) is 5.92 Å².